The molecule has 0 N–H and O–H groups in total. The predicted molar refractivity (Wildman–Crippen MR) is 109 cm³/mol. The second kappa shape index (κ2) is 7.94. The third-order valence-corrected chi connectivity index (χ3v) is 4.44. The van der Waals surface area contributed by atoms with E-state index in [2.05, 4.69) is 39.5 Å². The molecular formula is C19H16ClIN2O. The fraction of sp³-hybridized carbons (Fsp3) is 0.158. The van der Waals surface area contributed by atoms with Crippen molar-refractivity contribution in [2.75, 3.05) is 6.61 Å². The van der Waals surface area contributed by atoms with Gasteiger partial charge >= 0.3 is 0 Å². The van der Waals surface area contributed by atoms with Gasteiger partial charge in [-0.1, -0.05) is 18.5 Å². The number of hydrogen-bond acceptors (Lipinski definition) is 3. The summed E-state index contributed by atoms with van der Waals surface area (Å²) in [5, 5.41) is 1.43. The Kier molecular flexibility index (Phi) is 5.68. The van der Waals surface area contributed by atoms with Crippen LogP contribution in [-0.4, -0.2) is 17.8 Å². The molecule has 1 aromatic heterocycles. The number of halogens is 2. The van der Waals surface area contributed by atoms with Crippen LogP contribution in [0.15, 0.2) is 53.5 Å². The van der Waals surface area contributed by atoms with Gasteiger partial charge < -0.3 is 4.74 Å². The van der Waals surface area contributed by atoms with E-state index in [9.17, 15) is 0 Å². The normalized spacial score (nSPS) is 11.3. The SMILES string of the molecule is CCCOc1ccc2nc(Cl)c(C=Nc3ccc(I)cc3)cc2c1. The number of rotatable bonds is 5. The van der Waals surface area contributed by atoms with Crippen LogP contribution in [0.25, 0.3) is 10.9 Å². The summed E-state index contributed by atoms with van der Waals surface area (Å²) >= 11 is 8.55. The minimum atomic E-state index is 0.444. The molecule has 0 unspecified atom stereocenters. The van der Waals surface area contributed by atoms with Crippen LogP contribution in [0.3, 0.4) is 0 Å². The largest absolute Gasteiger partial charge is 0.494 e. The molecule has 0 aliphatic carbocycles. The van der Waals surface area contributed by atoms with Gasteiger partial charge in [0.05, 0.1) is 17.8 Å². The van der Waals surface area contributed by atoms with Crippen LogP contribution >= 0.6 is 34.2 Å². The minimum absolute atomic E-state index is 0.444. The quantitative estimate of drug-likeness (QED) is 0.270. The van der Waals surface area contributed by atoms with Crippen LogP contribution in [-0.2, 0) is 0 Å². The Balaban J connectivity index is 1.91. The molecule has 5 heteroatoms. The van der Waals surface area contributed by atoms with Gasteiger partial charge in [0, 0.05) is 20.7 Å². The van der Waals surface area contributed by atoms with Crippen molar-refractivity contribution in [3.63, 3.8) is 0 Å². The number of aliphatic imine (C=N–C) groups is 1. The summed E-state index contributed by atoms with van der Waals surface area (Å²) in [5.41, 5.74) is 2.51. The van der Waals surface area contributed by atoms with Gasteiger partial charge in [-0.05, 0) is 77.5 Å². The van der Waals surface area contributed by atoms with Crippen LogP contribution in [0, 0.1) is 3.57 Å². The average Bonchev–Trinajstić information content (AvgIpc) is 2.59. The molecule has 0 aliphatic heterocycles. The lowest BCUT2D eigenvalue weighted by Gasteiger charge is -2.07. The molecule has 0 saturated heterocycles. The van der Waals surface area contributed by atoms with Crippen molar-refractivity contribution in [3.05, 3.63) is 62.8 Å². The van der Waals surface area contributed by atoms with Crippen molar-refractivity contribution in [3.8, 4) is 5.75 Å². The van der Waals surface area contributed by atoms with Crippen LogP contribution in [0.4, 0.5) is 5.69 Å². The Morgan fingerprint density at radius 2 is 1.96 bits per heavy atom. The second-order valence-corrected chi connectivity index (χ2v) is 6.91. The molecule has 3 nitrogen and oxygen atoms in total. The highest BCUT2D eigenvalue weighted by molar-refractivity contribution is 14.1. The molecule has 0 aliphatic rings. The van der Waals surface area contributed by atoms with E-state index in [0.717, 1.165) is 34.3 Å². The minimum Gasteiger partial charge on any atom is -0.494 e. The number of pyridine rings is 1. The Hall–Kier alpha value is -1.66. The van der Waals surface area contributed by atoms with Crippen molar-refractivity contribution < 1.29 is 4.74 Å². The van der Waals surface area contributed by atoms with E-state index >= 15 is 0 Å². The maximum absolute atomic E-state index is 6.28. The first-order valence-corrected chi connectivity index (χ1v) is 9.14. The van der Waals surface area contributed by atoms with Crippen molar-refractivity contribution in [2.45, 2.75) is 13.3 Å². The zero-order chi connectivity index (χ0) is 16.9. The van der Waals surface area contributed by atoms with E-state index in [1.165, 1.54) is 3.57 Å². The zero-order valence-corrected chi connectivity index (χ0v) is 16.1. The lowest BCUT2D eigenvalue weighted by atomic mass is 10.1. The van der Waals surface area contributed by atoms with E-state index in [4.69, 9.17) is 16.3 Å². The number of aromatic nitrogens is 1. The van der Waals surface area contributed by atoms with E-state index in [-0.39, 0.29) is 0 Å². The van der Waals surface area contributed by atoms with Gasteiger partial charge in [0.25, 0.3) is 0 Å². The standard InChI is InChI=1S/C19H16ClIN2O/c1-2-9-24-17-7-8-18-13(11-17)10-14(19(20)23-18)12-22-16-5-3-15(21)4-6-16/h3-8,10-12H,2,9H2,1H3. The lowest BCUT2D eigenvalue weighted by Crippen LogP contribution is -1.95. The molecule has 0 spiro atoms. The molecule has 3 aromatic rings. The first kappa shape index (κ1) is 17.2. The summed E-state index contributed by atoms with van der Waals surface area (Å²) in [5.74, 6) is 0.842. The molecule has 122 valence electrons. The van der Waals surface area contributed by atoms with Crippen LogP contribution < -0.4 is 4.74 Å². The molecule has 0 fully saturated rings. The van der Waals surface area contributed by atoms with Crippen molar-refractivity contribution in [2.24, 2.45) is 4.99 Å². The highest BCUT2D eigenvalue weighted by Crippen LogP contribution is 2.24. The fourth-order valence-electron chi connectivity index (χ4n) is 2.22. The van der Waals surface area contributed by atoms with E-state index < -0.39 is 0 Å². The summed E-state index contributed by atoms with van der Waals surface area (Å²) in [6.07, 6.45) is 2.72. The third-order valence-electron chi connectivity index (χ3n) is 3.42. The topological polar surface area (TPSA) is 34.5 Å². The summed E-state index contributed by atoms with van der Waals surface area (Å²) in [7, 11) is 0. The van der Waals surface area contributed by atoms with Gasteiger partial charge in [-0.25, -0.2) is 4.98 Å². The Labute approximate surface area is 159 Å². The monoisotopic (exact) mass is 450 g/mol. The summed E-state index contributed by atoms with van der Waals surface area (Å²) in [6, 6.07) is 15.8. The van der Waals surface area contributed by atoms with Gasteiger partial charge in [-0.2, -0.15) is 0 Å². The zero-order valence-electron chi connectivity index (χ0n) is 13.2. The Morgan fingerprint density at radius 1 is 1.17 bits per heavy atom. The van der Waals surface area contributed by atoms with Gasteiger partial charge in [-0.15, -0.1) is 0 Å². The number of benzene rings is 2. The summed E-state index contributed by atoms with van der Waals surface area (Å²) < 4.78 is 6.86. The maximum atomic E-state index is 6.28. The maximum Gasteiger partial charge on any atom is 0.138 e. The molecule has 0 atom stereocenters. The van der Waals surface area contributed by atoms with Crippen molar-refractivity contribution in [1.82, 2.24) is 4.98 Å². The predicted octanol–water partition coefficient (Wildman–Crippen LogP) is 6.03. The number of ether oxygens (including phenoxy) is 1. The molecule has 0 bridgehead atoms. The highest BCUT2D eigenvalue weighted by Gasteiger charge is 2.05. The van der Waals surface area contributed by atoms with Gasteiger partial charge in [0.1, 0.15) is 10.9 Å². The molecule has 3 rings (SSSR count). The summed E-state index contributed by atoms with van der Waals surface area (Å²) in [4.78, 5) is 8.91. The number of fused-ring (bicyclic) bond motifs is 1. The van der Waals surface area contributed by atoms with Gasteiger partial charge in [-0.3, -0.25) is 4.99 Å². The smallest absolute Gasteiger partial charge is 0.138 e. The van der Waals surface area contributed by atoms with E-state index in [0.29, 0.717) is 11.8 Å². The second-order valence-electron chi connectivity index (χ2n) is 5.31. The highest BCUT2D eigenvalue weighted by atomic mass is 127. The molecule has 24 heavy (non-hydrogen) atoms. The first-order chi connectivity index (χ1) is 11.7. The molecule has 0 radical (unpaired) electrons. The van der Waals surface area contributed by atoms with E-state index in [1.807, 2.05) is 48.5 Å². The van der Waals surface area contributed by atoms with Crippen molar-refractivity contribution >= 4 is 57.0 Å². The molecule has 2 aromatic carbocycles. The lowest BCUT2D eigenvalue weighted by molar-refractivity contribution is 0.318. The van der Waals surface area contributed by atoms with Crippen LogP contribution in [0.1, 0.15) is 18.9 Å². The molecular weight excluding hydrogens is 435 g/mol. The Bertz CT molecular complexity index is 878. The summed E-state index contributed by atoms with van der Waals surface area (Å²) in [6.45, 7) is 2.79. The van der Waals surface area contributed by atoms with Gasteiger partial charge in [0.15, 0.2) is 0 Å². The number of hydrogen-bond donors (Lipinski definition) is 0. The molecule has 0 amide bonds. The van der Waals surface area contributed by atoms with Gasteiger partial charge in [0.2, 0.25) is 0 Å². The Morgan fingerprint density at radius 3 is 2.71 bits per heavy atom. The average molecular weight is 451 g/mol. The van der Waals surface area contributed by atoms with Crippen LogP contribution in [0.2, 0.25) is 5.15 Å². The number of nitrogens with zero attached hydrogens (tertiary/aromatic N) is 2. The molecule has 1 heterocycles. The molecule has 0 saturated carbocycles. The first-order valence-electron chi connectivity index (χ1n) is 7.68. The fourth-order valence-corrected chi connectivity index (χ4v) is 2.77. The van der Waals surface area contributed by atoms with E-state index in [1.54, 1.807) is 6.21 Å². The van der Waals surface area contributed by atoms with Crippen LogP contribution in [0.5, 0.6) is 5.75 Å². The third kappa shape index (κ3) is 4.24. The van der Waals surface area contributed by atoms with Crippen molar-refractivity contribution in [1.29, 1.82) is 0 Å².